The number of nitrogens with zero attached hydrogens (tertiary/aromatic N) is 2. The molecule has 2 nitrogen and oxygen atoms in total. The summed E-state index contributed by atoms with van der Waals surface area (Å²) in [4.78, 5) is 2.37. The number of rotatable bonds is 8. The molecule has 278 valence electrons. The van der Waals surface area contributed by atoms with Gasteiger partial charge in [0.1, 0.15) is 0 Å². The van der Waals surface area contributed by atoms with Crippen LogP contribution in [0.5, 0.6) is 0 Å². The fraction of sp³-hybridized carbons (Fsp3) is 0.0714. The summed E-state index contributed by atoms with van der Waals surface area (Å²) in [7, 11) is 0. The second-order valence-corrected chi connectivity index (χ2v) is 15.2. The Kier molecular flexibility index (Phi) is 9.16. The molecule has 9 aromatic rings. The maximum Gasteiger partial charge on any atom is 0.0537 e. The van der Waals surface area contributed by atoms with E-state index in [1.54, 1.807) is 0 Å². The zero-order chi connectivity index (χ0) is 39.0. The predicted molar refractivity (Wildman–Crippen MR) is 248 cm³/mol. The van der Waals surface area contributed by atoms with Crippen molar-refractivity contribution in [3.8, 4) is 27.9 Å². The van der Waals surface area contributed by atoms with Gasteiger partial charge in [-0.15, -0.1) is 0 Å². The van der Waals surface area contributed by atoms with Gasteiger partial charge in [-0.05, 0) is 149 Å². The first kappa shape index (κ1) is 35.3. The molecule has 0 spiro atoms. The number of fused-ring (bicyclic) bond motifs is 4. The molecule has 1 aliphatic rings. The van der Waals surface area contributed by atoms with Crippen molar-refractivity contribution >= 4 is 50.4 Å². The molecule has 0 unspecified atom stereocenters. The molecular formula is C56H44N2. The summed E-state index contributed by atoms with van der Waals surface area (Å²) < 4.78 is 2.47. The van der Waals surface area contributed by atoms with Crippen LogP contribution in [0.4, 0.5) is 17.1 Å². The van der Waals surface area contributed by atoms with Gasteiger partial charge in [-0.2, -0.15) is 0 Å². The maximum atomic E-state index is 2.47. The fourth-order valence-electron chi connectivity index (χ4n) is 9.06. The van der Waals surface area contributed by atoms with E-state index in [1.165, 1.54) is 83.1 Å². The second kappa shape index (κ2) is 15.1. The van der Waals surface area contributed by atoms with Crippen LogP contribution < -0.4 is 4.90 Å². The lowest BCUT2D eigenvalue weighted by Crippen LogP contribution is -2.09. The Morgan fingerprint density at radius 1 is 0.517 bits per heavy atom. The third-order valence-corrected chi connectivity index (χ3v) is 11.7. The van der Waals surface area contributed by atoms with Gasteiger partial charge in [0.05, 0.1) is 5.52 Å². The van der Waals surface area contributed by atoms with E-state index in [9.17, 15) is 0 Å². The smallest absolute Gasteiger partial charge is 0.0537 e. The van der Waals surface area contributed by atoms with Crippen LogP contribution in [-0.4, -0.2) is 4.57 Å². The minimum Gasteiger partial charge on any atom is -0.313 e. The summed E-state index contributed by atoms with van der Waals surface area (Å²) in [6.45, 7) is 4.31. The van der Waals surface area contributed by atoms with Gasteiger partial charge in [-0.25, -0.2) is 0 Å². The molecule has 0 N–H and O–H groups in total. The first-order chi connectivity index (χ1) is 28.7. The Morgan fingerprint density at radius 3 is 1.91 bits per heavy atom. The van der Waals surface area contributed by atoms with Gasteiger partial charge in [-0.3, -0.25) is 0 Å². The number of para-hydroxylation sites is 3. The van der Waals surface area contributed by atoms with E-state index in [0.717, 1.165) is 29.9 Å². The van der Waals surface area contributed by atoms with Crippen molar-refractivity contribution in [2.24, 2.45) is 0 Å². The van der Waals surface area contributed by atoms with Crippen molar-refractivity contribution in [1.29, 1.82) is 0 Å². The summed E-state index contributed by atoms with van der Waals surface area (Å²) in [6, 6.07) is 68.7. The van der Waals surface area contributed by atoms with Crippen molar-refractivity contribution in [3.63, 3.8) is 0 Å². The monoisotopic (exact) mass is 744 g/mol. The molecule has 0 atom stereocenters. The summed E-state index contributed by atoms with van der Waals surface area (Å²) in [5, 5.41) is 3.87. The molecule has 0 bridgehead atoms. The SMILES string of the molecule is C/C=C\c1cc(-c2ccc(N(c3ccccc3)c3cccc(-c4cccc(C5=CCCc6c5c5ccccc5n6-c5ccccc5)c4)c3)cc2)c2ccccc2c1C. The molecule has 1 aromatic heterocycles. The van der Waals surface area contributed by atoms with Crippen molar-refractivity contribution in [3.05, 3.63) is 228 Å². The first-order valence-electron chi connectivity index (χ1n) is 20.4. The van der Waals surface area contributed by atoms with E-state index in [2.05, 4.69) is 230 Å². The summed E-state index contributed by atoms with van der Waals surface area (Å²) in [5.41, 5.74) is 18.5. The third kappa shape index (κ3) is 6.24. The second-order valence-electron chi connectivity index (χ2n) is 15.2. The minimum atomic E-state index is 1.01. The Balaban J connectivity index is 1.03. The normalized spacial score (nSPS) is 12.6. The average Bonchev–Trinajstić information content (AvgIpc) is 3.63. The zero-order valence-electron chi connectivity index (χ0n) is 32.9. The Morgan fingerprint density at radius 2 is 1.14 bits per heavy atom. The number of anilines is 3. The van der Waals surface area contributed by atoms with Crippen molar-refractivity contribution in [2.45, 2.75) is 26.7 Å². The molecular weight excluding hydrogens is 701 g/mol. The van der Waals surface area contributed by atoms with Gasteiger partial charge in [0.25, 0.3) is 0 Å². The number of aromatic nitrogens is 1. The zero-order valence-corrected chi connectivity index (χ0v) is 32.9. The fourth-order valence-corrected chi connectivity index (χ4v) is 9.06. The Labute approximate surface area is 341 Å². The molecule has 1 aliphatic carbocycles. The van der Waals surface area contributed by atoms with Gasteiger partial charge < -0.3 is 9.47 Å². The first-order valence-corrected chi connectivity index (χ1v) is 20.4. The van der Waals surface area contributed by atoms with E-state index in [1.807, 2.05) is 0 Å². The molecule has 58 heavy (non-hydrogen) atoms. The highest BCUT2D eigenvalue weighted by Crippen LogP contribution is 2.43. The van der Waals surface area contributed by atoms with Crippen LogP contribution in [0.15, 0.2) is 200 Å². The van der Waals surface area contributed by atoms with Crippen LogP contribution >= 0.6 is 0 Å². The Hall–Kier alpha value is -7.16. The molecule has 0 saturated carbocycles. The summed E-state index contributed by atoms with van der Waals surface area (Å²) in [6.07, 6.45) is 8.81. The quantitative estimate of drug-likeness (QED) is 0.150. The predicted octanol–water partition coefficient (Wildman–Crippen LogP) is 15.3. The van der Waals surface area contributed by atoms with Crippen molar-refractivity contribution in [2.75, 3.05) is 4.90 Å². The van der Waals surface area contributed by atoms with Crippen LogP contribution in [-0.2, 0) is 6.42 Å². The van der Waals surface area contributed by atoms with E-state index < -0.39 is 0 Å². The van der Waals surface area contributed by atoms with E-state index in [-0.39, 0.29) is 0 Å². The van der Waals surface area contributed by atoms with Crippen LogP contribution in [0.3, 0.4) is 0 Å². The molecule has 1 heterocycles. The molecule has 0 fully saturated rings. The number of hydrogen-bond acceptors (Lipinski definition) is 1. The maximum absolute atomic E-state index is 2.47. The van der Waals surface area contributed by atoms with Crippen LogP contribution in [0, 0.1) is 6.92 Å². The van der Waals surface area contributed by atoms with E-state index >= 15 is 0 Å². The lowest BCUT2D eigenvalue weighted by atomic mass is 9.88. The standard InChI is InChI=1S/C56H44N2/c1-3-17-41-38-53(51-27-11-10-26-49(51)39(41)2)40-32-34-47(35-33-40)57(45-21-6-4-7-22-45)48-25-15-19-43(37-48)42-18-14-20-44(36-42)50-29-16-31-55-56(50)52-28-12-13-30-54(52)58(55)46-23-8-5-9-24-46/h3-15,17-30,32-38H,16,31H2,1-2H3/b17-3-. The van der Waals surface area contributed by atoms with Crippen LogP contribution in [0.25, 0.3) is 61.3 Å². The van der Waals surface area contributed by atoms with Gasteiger partial charge in [0, 0.05) is 39.4 Å². The molecule has 0 radical (unpaired) electrons. The Bertz CT molecular complexity index is 3000. The number of aryl methyl sites for hydroxylation is 1. The number of benzene rings is 8. The highest BCUT2D eigenvalue weighted by molar-refractivity contribution is 6.02. The molecule has 8 aromatic carbocycles. The average molecular weight is 745 g/mol. The largest absolute Gasteiger partial charge is 0.313 e. The van der Waals surface area contributed by atoms with Gasteiger partial charge in [0.15, 0.2) is 0 Å². The lowest BCUT2D eigenvalue weighted by molar-refractivity contribution is 0.884. The topological polar surface area (TPSA) is 8.17 Å². The molecule has 10 rings (SSSR count). The number of hydrogen-bond donors (Lipinski definition) is 0. The van der Waals surface area contributed by atoms with Gasteiger partial charge in [-0.1, -0.05) is 140 Å². The number of allylic oxidation sites excluding steroid dienone is 2. The molecule has 0 saturated heterocycles. The highest BCUT2D eigenvalue weighted by atomic mass is 15.1. The van der Waals surface area contributed by atoms with Crippen molar-refractivity contribution in [1.82, 2.24) is 4.57 Å². The summed E-state index contributed by atoms with van der Waals surface area (Å²) >= 11 is 0. The van der Waals surface area contributed by atoms with Crippen LogP contribution in [0.1, 0.15) is 41.3 Å². The van der Waals surface area contributed by atoms with Crippen molar-refractivity contribution < 1.29 is 0 Å². The molecule has 0 amide bonds. The van der Waals surface area contributed by atoms with Crippen LogP contribution in [0.2, 0.25) is 0 Å². The molecule has 2 heteroatoms. The van der Waals surface area contributed by atoms with E-state index in [0.29, 0.717) is 0 Å². The molecule has 0 aliphatic heterocycles. The minimum absolute atomic E-state index is 1.01. The summed E-state index contributed by atoms with van der Waals surface area (Å²) in [5.74, 6) is 0. The van der Waals surface area contributed by atoms with Gasteiger partial charge >= 0.3 is 0 Å². The lowest BCUT2D eigenvalue weighted by Gasteiger charge is -2.26. The highest BCUT2D eigenvalue weighted by Gasteiger charge is 2.24. The van der Waals surface area contributed by atoms with E-state index in [4.69, 9.17) is 0 Å². The third-order valence-electron chi connectivity index (χ3n) is 11.7. The van der Waals surface area contributed by atoms with Gasteiger partial charge in [0.2, 0.25) is 0 Å².